The first-order chi connectivity index (χ1) is 12.7. The van der Waals surface area contributed by atoms with Gasteiger partial charge in [-0.15, -0.1) is 11.3 Å². The number of carbonyl (C=O) groups excluding carboxylic acids is 2. The molecule has 0 unspecified atom stereocenters. The van der Waals surface area contributed by atoms with Crippen LogP contribution in [0.15, 0.2) is 30.3 Å². The van der Waals surface area contributed by atoms with Crippen LogP contribution in [0.3, 0.4) is 0 Å². The first-order valence-corrected chi connectivity index (χ1v) is 10.1. The number of fused-ring (bicyclic) bond motifs is 1. The SMILES string of the molecule is O=C(Nc1ccc(N2CCNC2=O)cc1)c1cc2c(s1)CCCCCC2. The average molecular weight is 369 g/mol. The second-order valence-electron chi connectivity index (χ2n) is 6.86. The van der Waals surface area contributed by atoms with Crippen LogP contribution in [0.25, 0.3) is 0 Å². The van der Waals surface area contributed by atoms with Crippen molar-refractivity contribution < 1.29 is 9.59 Å². The zero-order chi connectivity index (χ0) is 17.9. The maximum atomic E-state index is 12.6. The topological polar surface area (TPSA) is 61.4 Å². The number of nitrogens with zero attached hydrogens (tertiary/aromatic N) is 1. The molecule has 1 aromatic heterocycles. The van der Waals surface area contributed by atoms with Crippen LogP contribution >= 0.6 is 11.3 Å². The lowest BCUT2D eigenvalue weighted by molar-refractivity contribution is 0.103. The number of urea groups is 1. The zero-order valence-electron chi connectivity index (χ0n) is 14.7. The van der Waals surface area contributed by atoms with Crippen LogP contribution in [0.4, 0.5) is 16.2 Å². The van der Waals surface area contributed by atoms with Crippen molar-refractivity contribution in [3.05, 3.63) is 45.6 Å². The lowest BCUT2D eigenvalue weighted by Crippen LogP contribution is -2.27. The highest BCUT2D eigenvalue weighted by Crippen LogP contribution is 2.29. The predicted molar refractivity (Wildman–Crippen MR) is 105 cm³/mol. The van der Waals surface area contributed by atoms with E-state index in [9.17, 15) is 9.59 Å². The molecule has 1 aromatic carbocycles. The fourth-order valence-corrected chi connectivity index (χ4v) is 4.74. The van der Waals surface area contributed by atoms with Gasteiger partial charge in [-0.05, 0) is 61.6 Å². The third-order valence-corrected chi connectivity index (χ3v) is 6.25. The van der Waals surface area contributed by atoms with Crippen molar-refractivity contribution in [1.82, 2.24) is 5.32 Å². The van der Waals surface area contributed by atoms with Crippen LogP contribution in [-0.4, -0.2) is 25.0 Å². The molecule has 2 heterocycles. The molecule has 2 N–H and O–H groups in total. The molecule has 1 aliphatic carbocycles. The minimum Gasteiger partial charge on any atom is -0.336 e. The Morgan fingerprint density at radius 1 is 1.08 bits per heavy atom. The quantitative estimate of drug-likeness (QED) is 0.852. The summed E-state index contributed by atoms with van der Waals surface area (Å²) in [6, 6.07) is 9.44. The number of thiophene rings is 1. The maximum absolute atomic E-state index is 12.6. The molecule has 136 valence electrons. The number of anilines is 2. The highest BCUT2D eigenvalue weighted by atomic mass is 32.1. The number of aryl methyl sites for hydroxylation is 2. The van der Waals surface area contributed by atoms with Gasteiger partial charge in [-0.25, -0.2) is 4.79 Å². The summed E-state index contributed by atoms with van der Waals surface area (Å²) < 4.78 is 0. The van der Waals surface area contributed by atoms with Gasteiger partial charge < -0.3 is 10.6 Å². The second-order valence-corrected chi connectivity index (χ2v) is 7.99. The molecule has 1 fully saturated rings. The van der Waals surface area contributed by atoms with E-state index in [2.05, 4.69) is 16.7 Å². The molecule has 4 rings (SSSR count). The molecular weight excluding hydrogens is 346 g/mol. The van der Waals surface area contributed by atoms with Crippen molar-refractivity contribution in [2.45, 2.75) is 38.5 Å². The summed E-state index contributed by atoms with van der Waals surface area (Å²) in [6.45, 7) is 1.34. The molecule has 2 aliphatic rings. The van der Waals surface area contributed by atoms with Crippen molar-refractivity contribution in [1.29, 1.82) is 0 Å². The van der Waals surface area contributed by atoms with E-state index in [0.717, 1.165) is 29.1 Å². The molecule has 0 saturated carbocycles. The average Bonchev–Trinajstić information content (AvgIpc) is 3.22. The van der Waals surface area contributed by atoms with Gasteiger partial charge in [0.2, 0.25) is 0 Å². The smallest absolute Gasteiger partial charge is 0.321 e. The van der Waals surface area contributed by atoms with Gasteiger partial charge in [0.15, 0.2) is 0 Å². The fourth-order valence-electron chi connectivity index (χ4n) is 3.59. The number of amides is 3. The van der Waals surface area contributed by atoms with E-state index in [0.29, 0.717) is 13.1 Å². The Kier molecular flexibility index (Phi) is 4.93. The Hall–Kier alpha value is -2.34. The van der Waals surface area contributed by atoms with E-state index in [-0.39, 0.29) is 11.9 Å². The summed E-state index contributed by atoms with van der Waals surface area (Å²) in [4.78, 5) is 28.2. The van der Waals surface area contributed by atoms with Gasteiger partial charge in [0.25, 0.3) is 5.91 Å². The Morgan fingerprint density at radius 2 is 1.85 bits per heavy atom. The minimum atomic E-state index is -0.0715. The van der Waals surface area contributed by atoms with Crippen LogP contribution in [-0.2, 0) is 12.8 Å². The molecule has 1 saturated heterocycles. The number of benzene rings is 1. The van der Waals surface area contributed by atoms with E-state index >= 15 is 0 Å². The molecule has 5 nitrogen and oxygen atoms in total. The van der Waals surface area contributed by atoms with Gasteiger partial charge in [-0.2, -0.15) is 0 Å². The summed E-state index contributed by atoms with van der Waals surface area (Å²) in [7, 11) is 0. The molecule has 1 aliphatic heterocycles. The van der Waals surface area contributed by atoms with Gasteiger partial charge in [0, 0.05) is 29.3 Å². The van der Waals surface area contributed by atoms with E-state index in [1.54, 1.807) is 16.2 Å². The molecule has 0 atom stereocenters. The monoisotopic (exact) mass is 369 g/mol. The molecule has 0 radical (unpaired) electrons. The normalized spacial score (nSPS) is 17.2. The number of rotatable bonds is 3. The lowest BCUT2D eigenvalue weighted by Gasteiger charge is -2.14. The third-order valence-electron chi connectivity index (χ3n) is 5.01. The maximum Gasteiger partial charge on any atom is 0.321 e. The summed E-state index contributed by atoms with van der Waals surface area (Å²) >= 11 is 1.64. The molecule has 0 spiro atoms. The van der Waals surface area contributed by atoms with E-state index in [1.165, 1.54) is 36.1 Å². The largest absolute Gasteiger partial charge is 0.336 e. The summed E-state index contributed by atoms with van der Waals surface area (Å²) in [5.41, 5.74) is 2.95. The number of hydrogen-bond acceptors (Lipinski definition) is 3. The highest BCUT2D eigenvalue weighted by Gasteiger charge is 2.21. The Morgan fingerprint density at radius 3 is 2.58 bits per heavy atom. The standard InChI is InChI=1S/C20H23N3O2S/c24-19(18-13-14-5-3-1-2-4-6-17(14)26-18)22-15-7-9-16(10-8-15)23-12-11-21-20(23)25/h7-10,13H,1-6,11-12H2,(H,21,25)(H,22,24). The minimum absolute atomic E-state index is 0.0478. The van der Waals surface area contributed by atoms with E-state index in [1.807, 2.05) is 24.3 Å². The van der Waals surface area contributed by atoms with Gasteiger partial charge in [0.1, 0.15) is 0 Å². The van der Waals surface area contributed by atoms with Crippen molar-refractivity contribution in [2.75, 3.05) is 23.3 Å². The molecule has 3 amide bonds. The van der Waals surface area contributed by atoms with Gasteiger partial charge in [-0.1, -0.05) is 12.8 Å². The van der Waals surface area contributed by atoms with Crippen LogP contribution in [0.2, 0.25) is 0 Å². The Balaban J connectivity index is 1.44. The van der Waals surface area contributed by atoms with Crippen molar-refractivity contribution in [2.24, 2.45) is 0 Å². The van der Waals surface area contributed by atoms with E-state index in [4.69, 9.17) is 0 Å². The Bertz CT molecular complexity index is 787. The molecule has 2 aromatic rings. The highest BCUT2D eigenvalue weighted by molar-refractivity contribution is 7.14. The Labute approximate surface area is 157 Å². The van der Waals surface area contributed by atoms with Crippen LogP contribution in [0.1, 0.15) is 45.8 Å². The number of carbonyl (C=O) groups is 2. The van der Waals surface area contributed by atoms with Crippen LogP contribution in [0.5, 0.6) is 0 Å². The van der Waals surface area contributed by atoms with E-state index < -0.39 is 0 Å². The van der Waals surface area contributed by atoms with Crippen molar-refractivity contribution in [3.8, 4) is 0 Å². The zero-order valence-corrected chi connectivity index (χ0v) is 15.5. The first-order valence-electron chi connectivity index (χ1n) is 9.29. The second kappa shape index (κ2) is 7.50. The van der Waals surface area contributed by atoms with Crippen LogP contribution < -0.4 is 15.5 Å². The molecule has 26 heavy (non-hydrogen) atoms. The summed E-state index contributed by atoms with van der Waals surface area (Å²) in [6.07, 6.45) is 7.21. The predicted octanol–water partition coefficient (Wildman–Crippen LogP) is 4.19. The number of hydrogen-bond donors (Lipinski definition) is 2. The van der Waals surface area contributed by atoms with Crippen LogP contribution in [0, 0.1) is 0 Å². The first kappa shape index (κ1) is 17.1. The molecule has 0 bridgehead atoms. The van der Waals surface area contributed by atoms with Gasteiger partial charge in [-0.3, -0.25) is 9.69 Å². The summed E-state index contributed by atoms with van der Waals surface area (Å²) in [5, 5.41) is 5.77. The van der Waals surface area contributed by atoms with Crippen molar-refractivity contribution >= 4 is 34.6 Å². The van der Waals surface area contributed by atoms with Gasteiger partial charge >= 0.3 is 6.03 Å². The third kappa shape index (κ3) is 3.60. The lowest BCUT2D eigenvalue weighted by atomic mass is 10.00. The molecular formula is C20H23N3O2S. The summed E-state index contributed by atoms with van der Waals surface area (Å²) in [5.74, 6) is -0.0478. The molecule has 6 heteroatoms. The number of nitrogens with one attached hydrogen (secondary N) is 2. The van der Waals surface area contributed by atoms with Gasteiger partial charge in [0.05, 0.1) is 4.88 Å². The fraction of sp³-hybridized carbons (Fsp3) is 0.400. The van der Waals surface area contributed by atoms with Crippen molar-refractivity contribution in [3.63, 3.8) is 0 Å².